The number of benzene rings is 1. The summed E-state index contributed by atoms with van der Waals surface area (Å²) in [6.45, 7) is 10.2. The third-order valence-electron chi connectivity index (χ3n) is 3.67. The smallest absolute Gasteiger partial charge is 0.248 e. The first kappa shape index (κ1) is 16.6. The van der Waals surface area contributed by atoms with Gasteiger partial charge >= 0.3 is 0 Å². The van der Waals surface area contributed by atoms with Crippen LogP contribution in [0.15, 0.2) is 34.2 Å². The molecule has 2 heterocycles. The van der Waals surface area contributed by atoms with Gasteiger partial charge in [-0.3, -0.25) is 0 Å². The van der Waals surface area contributed by atoms with Gasteiger partial charge in [0.1, 0.15) is 6.04 Å². The van der Waals surface area contributed by atoms with Gasteiger partial charge in [0.15, 0.2) is 5.82 Å². The van der Waals surface area contributed by atoms with Crippen LogP contribution in [0.1, 0.15) is 50.5 Å². The maximum absolute atomic E-state index is 5.39. The van der Waals surface area contributed by atoms with E-state index in [1.54, 1.807) is 11.3 Å². The van der Waals surface area contributed by atoms with Gasteiger partial charge < -0.3 is 9.84 Å². The largest absolute Gasteiger partial charge is 0.374 e. The minimum Gasteiger partial charge on any atom is -0.374 e. The molecule has 0 aliphatic heterocycles. The van der Waals surface area contributed by atoms with Crippen molar-refractivity contribution in [3.05, 3.63) is 46.4 Å². The zero-order valence-corrected chi connectivity index (χ0v) is 15.4. The van der Waals surface area contributed by atoms with E-state index in [0.29, 0.717) is 5.89 Å². The summed E-state index contributed by atoms with van der Waals surface area (Å²) in [5, 5.41) is 10.6. The van der Waals surface area contributed by atoms with Gasteiger partial charge in [0.2, 0.25) is 5.89 Å². The number of hydrogen-bond donors (Lipinski definition) is 1. The van der Waals surface area contributed by atoms with Gasteiger partial charge in [0.25, 0.3) is 0 Å². The SMILES string of the molecule is Cc1nc(-c2ccc(N[C@@H](C)c3nc(C(C)(C)C)no3)cc2)cs1. The quantitative estimate of drug-likeness (QED) is 0.725. The highest BCUT2D eigenvalue weighted by Gasteiger charge is 2.23. The van der Waals surface area contributed by atoms with E-state index in [0.717, 1.165) is 27.8 Å². The number of hydrogen-bond acceptors (Lipinski definition) is 6. The lowest BCUT2D eigenvalue weighted by molar-refractivity contribution is 0.354. The lowest BCUT2D eigenvalue weighted by Crippen LogP contribution is -2.14. The predicted molar refractivity (Wildman–Crippen MR) is 97.3 cm³/mol. The fourth-order valence-corrected chi connectivity index (χ4v) is 2.88. The summed E-state index contributed by atoms with van der Waals surface area (Å²) < 4.78 is 5.39. The van der Waals surface area contributed by atoms with Gasteiger partial charge in [-0.2, -0.15) is 4.98 Å². The predicted octanol–water partition coefficient (Wildman–Crippen LogP) is 4.97. The monoisotopic (exact) mass is 342 g/mol. The van der Waals surface area contributed by atoms with Crippen LogP contribution in [0, 0.1) is 6.92 Å². The average Bonchev–Trinajstić information content (AvgIpc) is 3.16. The van der Waals surface area contributed by atoms with Crippen LogP contribution >= 0.6 is 11.3 Å². The van der Waals surface area contributed by atoms with Gasteiger partial charge in [0.05, 0.1) is 10.7 Å². The summed E-state index contributed by atoms with van der Waals surface area (Å²) in [6, 6.07) is 8.17. The molecule has 2 aromatic heterocycles. The Balaban J connectivity index is 1.70. The minimum atomic E-state index is -0.116. The Hall–Kier alpha value is -2.21. The molecule has 0 bridgehead atoms. The number of anilines is 1. The summed E-state index contributed by atoms with van der Waals surface area (Å²) >= 11 is 1.66. The van der Waals surface area contributed by atoms with E-state index in [1.807, 2.05) is 26.0 Å². The normalized spacial score (nSPS) is 13.0. The second-order valence-electron chi connectivity index (χ2n) is 6.90. The molecule has 0 unspecified atom stereocenters. The van der Waals surface area contributed by atoms with Crippen molar-refractivity contribution < 1.29 is 4.52 Å². The van der Waals surface area contributed by atoms with Crippen LogP contribution in [0.4, 0.5) is 5.69 Å². The van der Waals surface area contributed by atoms with Crippen LogP contribution in [-0.2, 0) is 5.41 Å². The average molecular weight is 342 g/mol. The zero-order valence-electron chi connectivity index (χ0n) is 14.6. The van der Waals surface area contributed by atoms with Gasteiger partial charge in [0, 0.05) is 22.0 Å². The summed E-state index contributed by atoms with van der Waals surface area (Å²) in [4.78, 5) is 9.01. The Morgan fingerprint density at radius 1 is 1.12 bits per heavy atom. The number of aryl methyl sites for hydroxylation is 1. The first-order chi connectivity index (χ1) is 11.3. The molecule has 126 valence electrons. The molecule has 0 amide bonds. The Morgan fingerprint density at radius 3 is 2.38 bits per heavy atom. The van der Waals surface area contributed by atoms with Crippen LogP contribution in [0.25, 0.3) is 11.3 Å². The van der Waals surface area contributed by atoms with Gasteiger partial charge in [-0.05, 0) is 26.0 Å². The fourth-order valence-electron chi connectivity index (χ4n) is 2.26. The summed E-state index contributed by atoms with van der Waals surface area (Å²) in [7, 11) is 0. The Morgan fingerprint density at radius 2 is 1.83 bits per heavy atom. The Labute approximate surface area is 146 Å². The van der Waals surface area contributed by atoms with Gasteiger partial charge in [-0.25, -0.2) is 4.98 Å². The lowest BCUT2D eigenvalue weighted by atomic mass is 9.96. The van der Waals surface area contributed by atoms with Crippen molar-refractivity contribution in [3.8, 4) is 11.3 Å². The molecule has 0 spiro atoms. The lowest BCUT2D eigenvalue weighted by Gasteiger charge is -2.13. The second-order valence-corrected chi connectivity index (χ2v) is 7.96. The fraction of sp³-hybridized carbons (Fsp3) is 0.389. The second kappa shape index (κ2) is 6.36. The van der Waals surface area contributed by atoms with Crippen LogP contribution in [0.2, 0.25) is 0 Å². The van der Waals surface area contributed by atoms with E-state index >= 15 is 0 Å². The van der Waals surface area contributed by atoms with Crippen LogP contribution in [0.3, 0.4) is 0 Å². The molecule has 3 aromatic rings. The van der Waals surface area contributed by atoms with Crippen molar-refractivity contribution in [2.75, 3.05) is 5.32 Å². The molecule has 24 heavy (non-hydrogen) atoms. The Kier molecular flexibility index (Phi) is 4.41. The van der Waals surface area contributed by atoms with Crippen molar-refractivity contribution in [1.29, 1.82) is 0 Å². The molecule has 1 N–H and O–H groups in total. The van der Waals surface area contributed by atoms with Crippen molar-refractivity contribution in [3.63, 3.8) is 0 Å². The highest BCUT2D eigenvalue weighted by atomic mass is 32.1. The van der Waals surface area contributed by atoms with E-state index in [2.05, 4.69) is 58.7 Å². The van der Waals surface area contributed by atoms with E-state index in [1.165, 1.54) is 0 Å². The van der Waals surface area contributed by atoms with E-state index < -0.39 is 0 Å². The molecule has 0 radical (unpaired) electrons. The van der Waals surface area contributed by atoms with Crippen molar-refractivity contribution in [2.45, 2.75) is 46.1 Å². The number of rotatable bonds is 4. The molecular weight excluding hydrogens is 320 g/mol. The van der Waals surface area contributed by atoms with Crippen LogP contribution in [-0.4, -0.2) is 15.1 Å². The maximum atomic E-state index is 5.39. The highest BCUT2D eigenvalue weighted by molar-refractivity contribution is 7.09. The van der Waals surface area contributed by atoms with Crippen molar-refractivity contribution >= 4 is 17.0 Å². The van der Waals surface area contributed by atoms with E-state index in [9.17, 15) is 0 Å². The molecule has 3 rings (SSSR count). The van der Waals surface area contributed by atoms with Gasteiger partial charge in [-0.1, -0.05) is 38.1 Å². The van der Waals surface area contributed by atoms with E-state index in [-0.39, 0.29) is 11.5 Å². The number of nitrogens with one attached hydrogen (secondary N) is 1. The minimum absolute atomic E-state index is 0.0547. The molecular formula is C18H22N4OS. The Bertz CT molecular complexity index is 814. The maximum Gasteiger partial charge on any atom is 0.248 e. The van der Waals surface area contributed by atoms with E-state index in [4.69, 9.17) is 4.52 Å². The third kappa shape index (κ3) is 3.64. The number of nitrogens with zero attached hydrogens (tertiary/aromatic N) is 3. The topological polar surface area (TPSA) is 63.8 Å². The summed E-state index contributed by atoms with van der Waals surface area (Å²) in [5.74, 6) is 1.32. The van der Waals surface area contributed by atoms with Crippen LogP contribution in [0.5, 0.6) is 0 Å². The molecule has 1 aromatic carbocycles. The third-order valence-corrected chi connectivity index (χ3v) is 4.44. The molecule has 0 aliphatic carbocycles. The highest BCUT2D eigenvalue weighted by Crippen LogP contribution is 2.26. The van der Waals surface area contributed by atoms with Crippen molar-refractivity contribution in [1.82, 2.24) is 15.1 Å². The van der Waals surface area contributed by atoms with Crippen molar-refractivity contribution in [2.24, 2.45) is 0 Å². The summed E-state index contributed by atoms with van der Waals surface area (Å²) in [5.41, 5.74) is 3.03. The standard InChI is InChI=1S/C18H22N4OS/c1-11(16-21-17(22-23-16)18(3,4)5)19-14-8-6-13(7-9-14)15-10-24-12(2)20-15/h6-11,19H,1-5H3/t11-/m0/s1. The first-order valence-electron chi connectivity index (χ1n) is 7.96. The molecule has 0 saturated heterocycles. The zero-order chi connectivity index (χ0) is 17.3. The molecule has 0 fully saturated rings. The first-order valence-corrected chi connectivity index (χ1v) is 8.84. The van der Waals surface area contributed by atoms with Crippen LogP contribution < -0.4 is 5.32 Å². The number of thiazole rings is 1. The molecule has 1 atom stereocenters. The molecule has 6 heteroatoms. The number of aromatic nitrogens is 3. The van der Waals surface area contributed by atoms with Gasteiger partial charge in [-0.15, -0.1) is 11.3 Å². The molecule has 5 nitrogen and oxygen atoms in total. The molecule has 0 aliphatic rings. The molecule has 0 saturated carbocycles. The summed E-state index contributed by atoms with van der Waals surface area (Å²) in [6.07, 6.45) is 0.